The van der Waals surface area contributed by atoms with E-state index >= 15 is 0 Å². The summed E-state index contributed by atoms with van der Waals surface area (Å²) in [6, 6.07) is 11.4. The van der Waals surface area contributed by atoms with Crippen molar-refractivity contribution >= 4 is 35.7 Å². The molecule has 0 amide bonds. The monoisotopic (exact) mass is 464 g/mol. The predicted octanol–water partition coefficient (Wildman–Crippen LogP) is 5.27. The molecule has 0 fully saturated rings. The number of aromatic hydroxyl groups is 2. The highest BCUT2D eigenvalue weighted by atomic mass is 16.6. The number of nitro benzene ring substituents is 2. The normalized spacial score (nSPS) is 11.1. The molecule has 10 heteroatoms. The number of phenolic OH excluding ortho intramolecular Hbond substituents is 2. The Morgan fingerprint density at radius 2 is 1.09 bits per heavy atom. The van der Waals surface area contributed by atoms with Crippen LogP contribution < -0.4 is 9.47 Å². The molecular weight excluding hydrogens is 444 g/mol. The van der Waals surface area contributed by atoms with Gasteiger partial charge < -0.3 is 19.7 Å². The minimum Gasteiger partial charge on any atom is -0.504 e. The summed E-state index contributed by atoms with van der Waals surface area (Å²) in [5, 5.41) is 42.6. The van der Waals surface area contributed by atoms with E-state index in [1.807, 2.05) is 0 Å². The van der Waals surface area contributed by atoms with Crippen LogP contribution in [0.2, 0.25) is 0 Å². The molecule has 10 nitrogen and oxygen atoms in total. The van der Waals surface area contributed by atoms with Crippen molar-refractivity contribution in [2.75, 3.05) is 14.2 Å². The van der Waals surface area contributed by atoms with E-state index in [1.165, 1.54) is 44.6 Å². The molecule has 2 N–H and O–H groups in total. The Morgan fingerprint density at radius 3 is 1.44 bits per heavy atom. The van der Waals surface area contributed by atoms with Crippen LogP contribution in [-0.2, 0) is 0 Å². The second-order valence-corrected chi connectivity index (χ2v) is 7.01. The van der Waals surface area contributed by atoms with Crippen LogP contribution in [0.5, 0.6) is 23.0 Å². The zero-order chi connectivity index (χ0) is 24.8. The topological polar surface area (TPSA) is 145 Å². The molecule has 0 bridgehead atoms. The van der Waals surface area contributed by atoms with Crippen LogP contribution in [0.4, 0.5) is 11.4 Å². The maximum Gasteiger partial charge on any atom is 0.283 e. The molecule has 0 radical (unpaired) electrons. The van der Waals surface area contributed by atoms with Crippen molar-refractivity contribution in [2.45, 2.75) is 0 Å². The molecule has 0 unspecified atom stereocenters. The maximum atomic E-state index is 11.6. The largest absolute Gasteiger partial charge is 0.504 e. The second kappa shape index (κ2) is 10.2. The number of benzene rings is 3. The molecule has 3 aromatic rings. The highest BCUT2D eigenvalue weighted by Gasteiger charge is 2.22. The maximum absolute atomic E-state index is 11.6. The Morgan fingerprint density at radius 1 is 0.676 bits per heavy atom. The summed E-state index contributed by atoms with van der Waals surface area (Å²) >= 11 is 0. The van der Waals surface area contributed by atoms with Crippen molar-refractivity contribution in [3.05, 3.63) is 91.0 Å². The van der Waals surface area contributed by atoms with Crippen LogP contribution in [0, 0.1) is 20.2 Å². The van der Waals surface area contributed by atoms with Crippen LogP contribution in [0.3, 0.4) is 0 Å². The number of nitro groups is 2. The predicted molar refractivity (Wildman–Crippen MR) is 127 cm³/mol. The van der Waals surface area contributed by atoms with E-state index in [2.05, 4.69) is 0 Å². The smallest absolute Gasteiger partial charge is 0.283 e. The molecule has 174 valence electrons. The fraction of sp³-hybridized carbons (Fsp3) is 0.0833. The lowest BCUT2D eigenvalue weighted by molar-refractivity contribution is -0.394. The zero-order valence-corrected chi connectivity index (χ0v) is 18.2. The van der Waals surface area contributed by atoms with Crippen molar-refractivity contribution in [1.82, 2.24) is 0 Å². The third-order valence-electron chi connectivity index (χ3n) is 4.89. The fourth-order valence-corrected chi connectivity index (χ4v) is 3.16. The van der Waals surface area contributed by atoms with E-state index in [0.29, 0.717) is 11.1 Å². The first-order valence-electron chi connectivity index (χ1n) is 9.80. The van der Waals surface area contributed by atoms with E-state index in [-0.39, 0.29) is 34.1 Å². The van der Waals surface area contributed by atoms with E-state index in [9.17, 15) is 30.4 Å². The number of hydrogen-bond acceptors (Lipinski definition) is 8. The molecule has 3 rings (SSSR count). The average Bonchev–Trinajstić information content (AvgIpc) is 2.82. The SMILES string of the molecule is COc1cc(C=Cc2cc(C=Cc3ccc(O)c(OC)c3)c([N+](=O)[O-])cc2[N+](=O)[O-])ccc1O. The lowest BCUT2D eigenvalue weighted by Gasteiger charge is -2.05. The minimum absolute atomic E-state index is 0.0562. The van der Waals surface area contributed by atoms with Crippen molar-refractivity contribution in [1.29, 1.82) is 0 Å². The zero-order valence-electron chi connectivity index (χ0n) is 18.2. The standard InChI is InChI=1S/C24H20N2O8/c1-33-23-11-15(5-9-21(23)27)3-7-17-13-18(20(26(31)32)14-19(17)25(29)30)8-4-16-6-10-22(28)24(12-16)34-2/h3-14,27-28H,1-2H3. The van der Waals surface area contributed by atoms with Gasteiger partial charge in [0, 0.05) is 0 Å². The average molecular weight is 464 g/mol. The Balaban J connectivity index is 2.07. The van der Waals surface area contributed by atoms with Gasteiger partial charge in [0.25, 0.3) is 11.4 Å². The lowest BCUT2D eigenvalue weighted by atomic mass is 10.0. The molecule has 0 saturated heterocycles. The van der Waals surface area contributed by atoms with Crippen LogP contribution in [0.1, 0.15) is 22.3 Å². The molecule has 0 aliphatic carbocycles. The van der Waals surface area contributed by atoms with E-state index in [4.69, 9.17) is 9.47 Å². The summed E-state index contributed by atoms with van der Waals surface area (Å²) < 4.78 is 10.1. The van der Waals surface area contributed by atoms with Gasteiger partial charge in [0.15, 0.2) is 23.0 Å². The number of methoxy groups -OCH3 is 2. The lowest BCUT2D eigenvalue weighted by Crippen LogP contribution is -1.98. The van der Waals surface area contributed by atoms with Crippen LogP contribution in [0.25, 0.3) is 24.3 Å². The third kappa shape index (κ3) is 5.30. The molecule has 0 atom stereocenters. The first-order chi connectivity index (χ1) is 16.2. The molecule has 0 aliphatic rings. The fourth-order valence-electron chi connectivity index (χ4n) is 3.16. The Labute approximate surface area is 193 Å². The van der Waals surface area contributed by atoms with Crippen molar-refractivity contribution in [3.63, 3.8) is 0 Å². The molecule has 0 aromatic heterocycles. The quantitative estimate of drug-likeness (QED) is 0.260. The van der Waals surface area contributed by atoms with Gasteiger partial charge in [-0.05, 0) is 53.6 Å². The summed E-state index contributed by atoms with van der Waals surface area (Å²) in [5.41, 5.74) is 0.608. The van der Waals surface area contributed by atoms with Crippen molar-refractivity contribution in [3.8, 4) is 23.0 Å². The Bertz CT molecular complexity index is 1220. The first-order valence-corrected chi connectivity index (χ1v) is 9.80. The van der Waals surface area contributed by atoms with Gasteiger partial charge in [0.05, 0.1) is 41.3 Å². The first kappa shape index (κ1) is 23.8. The number of ether oxygens (including phenoxy) is 2. The summed E-state index contributed by atoms with van der Waals surface area (Å²) in [7, 11) is 2.79. The van der Waals surface area contributed by atoms with Crippen LogP contribution in [0.15, 0.2) is 48.5 Å². The van der Waals surface area contributed by atoms with Gasteiger partial charge in [-0.25, -0.2) is 0 Å². The van der Waals surface area contributed by atoms with Gasteiger partial charge in [0.2, 0.25) is 0 Å². The summed E-state index contributed by atoms with van der Waals surface area (Å²) in [6.07, 6.45) is 6.03. The number of phenols is 2. The van der Waals surface area contributed by atoms with Gasteiger partial charge in [-0.2, -0.15) is 0 Å². The van der Waals surface area contributed by atoms with Crippen LogP contribution >= 0.6 is 0 Å². The summed E-state index contributed by atoms with van der Waals surface area (Å²) in [5.74, 6) is 0.347. The van der Waals surface area contributed by atoms with Gasteiger partial charge in [-0.3, -0.25) is 20.2 Å². The van der Waals surface area contributed by atoms with Gasteiger partial charge >= 0.3 is 0 Å². The molecule has 34 heavy (non-hydrogen) atoms. The third-order valence-corrected chi connectivity index (χ3v) is 4.89. The van der Waals surface area contributed by atoms with E-state index in [0.717, 1.165) is 6.07 Å². The number of nitrogens with zero attached hydrogens (tertiary/aromatic N) is 2. The van der Waals surface area contributed by atoms with Gasteiger partial charge in [-0.15, -0.1) is 0 Å². The highest BCUT2D eigenvalue weighted by molar-refractivity contribution is 5.82. The number of rotatable bonds is 8. The second-order valence-electron chi connectivity index (χ2n) is 7.01. The molecule has 3 aromatic carbocycles. The molecule has 0 spiro atoms. The van der Waals surface area contributed by atoms with Crippen molar-refractivity contribution < 1.29 is 29.5 Å². The van der Waals surface area contributed by atoms with E-state index in [1.54, 1.807) is 36.4 Å². The molecular formula is C24H20N2O8. The number of hydrogen-bond donors (Lipinski definition) is 2. The Kier molecular flexibility index (Phi) is 7.12. The summed E-state index contributed by atoms with van der Waals surface area (Å²) in [6.45, 7) is 0. The molecule has 0 heterocycles. The highest BCUT2D eigenvalue weighted by Crippen LogP contribution is 2.33. The molecule has 0 aliphatic heterocycles. The molecule has 0 saturated carbocycles. The van der Waals surface area contributed by atoms with Crippen molar-refractivity contribution in [2.24, 2.45) is 0 Å². The van der Waals surface area contributed by atoms with Gasteiger partial charge in [0.1, 0.15) is 0 Å². The van der Waals surface area contributed by atoms with Crippen LogP contribution in [-0.4, -0.2) is 34.3 Å². The van der Waals surface area contributed by atoms with Gasteiger partial charge in [-0.1, -0.05) is 24.3 Å². The minimum atomic E-state index is -0.692. The van der Waals surface area contributed by atoms with E-state index < -0.39 is 21.2 Å². The Hall–Kier alpha value is -4.86. The summed E-state index contributed by atoms with van der Waals surface area (Å²) in [4.78, 5) is 21.8.